The fourth-order valence-electron chi connectivity index (χ4n) is 4.76. The number of aromatic nitrogens is 2. The van der Waals surface area contributed by atoms with Crippen molar-refractivity contribution in [2.45, 2.75) is 50.2 Å². The van der Waals surface area contributed by atoms with Crippen LogP contribution in [0.1, 0.15) is 52.5 Å². The summed E-state index contributed by atoms with van der Waals surface area (Å²) < 4.78 is 83.2. The summed E-state index contributed by atoms with van der Waals surface area (Å²) >= 11 is 5.78. The highest BCUT2D eigenvalue weighted by Crippen LogP contribution is 2.36. The number of aryl methyl sites for hydroxylation is 1. The molecule has 1 atom stereocenters. The van der Waals surface area contributed by atoms with E-state index in [1.54, 1.807) is 11.6 Å². The zero-order valence-corrected chi connectivity index (χ0v) is 21.2. The molecule has 2 heterocycles. The van der Waals surface area contributed by atoms with Crippen LogP contribution >= 0.6 is 11.6 Å². The Balaban J connectivity index is 1.37. The van der Waals surface area contributed by atoms with Crippen molar-refractivity contribution in [2.75, 3.05) is 13.1 Å². The number of carbonyl (C=O) groups excluding carboxylic acids is 1. The largest absolute Gasteiger partial charge is 0.416 e. The summed E-state index contributed by atoms with van der Waals surface area (Å²) in [6.45, 7) is 2.65. The molecule has 7 nitrogen and oxygen atoms in total. The minimum absolute atomic E-state index is 0.00840. The standard InChI is InChI=1S/C24H23ClF4N4O3S/c1-13-18-9-19(23(34)31-37(35,36)17-4-5-17)21(26)10-22(18)33(30-13)16-6-7-32(12-16)11-14-2-3-15(25)8-20(14)24(27,28)29/h2-3,8-10,16-17H,4-7,11-12H2,1H3,(H,31,34). The SMILES string of the molecule is Cc1nn(C2CCN(Cc3ccc(Cl)cc3C(F)(F)F)C2)c2cc(F)c(C(=O)NS(=O)(=O)C3CC3)cc12. The fraction of sp³-hybridized carbons (Fsp3) is 0.417. The van der Waals surface area contributed by atoms with Crippen LogP contribution in [0.2, 0.25) is 5.02 Å². The number of fused-ring (bicyclic) bond motifs is 1. The number of halogens is 5. The first-order chi connectivity index (χ1) is 17.3. The first-order valence-corrected chi connectivity index (χ1v) is 13.6. The smallest absolute Gasteiger partial charge is 0.297 e. The van der Waals surface area contributed by atoms with Crippen LogP contribution in [0, 0.1) is 12.7 Å². The topological polar surface area (TPSA) is 84.3 Å². The van der Waals surface area contributed by atoms with Crippen molar-refractivity contribution in [1.29, 1.82) is 0 Å². The molecular formula is C24H23ClF4N4O3S. The minimum atomic E-state index is -4.53. The molecule has 0 spiro atoms. The van der Waals surface area contributed by atoms with Crippen LogP contribution < -0.4 is 4.72 Å². The third kappa shape index (κ3) is 5.19. The van der Waals surface area contributed by atoms with Gasteiger partial charge in [0.1, 0.15) is 5.82 Å². The molecule has 1 amide bonds. The van der Waals surface area contributed by atoms with Crippen molar-refractivity contribution >= 4 is 38.4 Å². The van der Waals surface area contributed by atoms with E-state index in [9.17, 15) is 30.8 Å². The number of alkyl halides is 3. The Bertz CT molecular complexity index is 1500. The van der Waals surface area contributed by atoms with Crippen LogP contribution in [0.4, 0.5) is 17.6 Å². The molecule has 0 radical (unpaired) electrons. The molecule has 3 aromatic rings. The van der Waals surface area contributed by atoms with Gasteiger partial charge < -0.3 is 0 Å². The summed E-state index contributed by atoms with van der Waals surface area (Å²) in [5.41, 5.74) is -0.118. The van der Waals surface area contributed by atoms with E-state index in [4.69, 9.17) is 11.6 Å². The van der Waals surface area contributed by atoms with Gasteiger partial charge in [0, 0.05) is 36.1 Å². The number of carbonyl (C=O) groups is 1. The van der Waals surface area contributed by atoms with Crippen LogP contribution in [0.25, 0.3) is 10.9 Å². The quantitative estimate of drug-likeness (QED) is 0.438. The van der Waals surface area contributed by atoms with Crippen molar-refractivity contribution in [2.24, 2.45) is 0 Å². The zero-order valence-electron chi connectivity index (χ0n) is 19.6. The molecule has 13 heteroatoms. The Morgan fingerprint density at radius 2 is 1.92 bits per heavy atom. The minimum Gasteiger partial charge on any atom is -0.297 e. The summed E-state index contributed by atoms with van der Waals surface area (Å²) in [6, 6.07) is 5.93. The number of rotatable bonds is 6. The molecule has 1 aromatic heterocycles. The third-order valence-electron chi connectivity index (χ3n) is 6.79. The molecule has 1 unspecified atom stereocenters. The molecule has 1 aliphatic heterocycles. The molecule has 1 saturated carbocycles. The first-order valence-electron chi connectivity index (χ1n) is 11.7. The second-order valence-corrected chi connectivity index (χ2v) is 11.9. The van der Waals surface area contributed by atoms with Gasteiger partial charge in [-0.1, -0.05) is 17.7 Å². The Morgan fingerprint density at radius 1 is 1.19 bits per heavy atom. The molecule has 1 saturated heterocycles. The van der Waals surface area contributed by atoms with E-state index in [0.717, 1.165) is 12.1 Å². The fourth-order valence-corrected chi connectivity index (χ4v) is 6.22. The average Bonchev–Trinajstić information content (AvgIpc) is 3.50. The molecule has 1 aliphatic carbocycles. The highest BCUT2D eigenvalue weighted by atomic mass is 35.5. The highest BCUT2D eigenvalue weighted by Gasteiger charge is 2.38. The second-order valence-electron chi connectivity index (χ2n) is 9.53. The monoisotopic (exact) mass is 558 g/mol. The molecule has 5 rings (SSSR count). The number of nitrogens with zero attached hydrogens (tertiary/aromatic N) is 3. The van der Waals surface area contributed by atoms with E-state index in [1.165, 1.54) is 18.2 Å². The van der Waals surface area contributed by atoms with Gasteiger partial charge >= 0.3 is 6.18 Å². The maximum atomic E-state index is 15.0. The lowest BCUT2D eigenvalue weighted by molar-refractivity contribution is -0.138. The van der Waals surface area contributed by atoms with E-state index >= 15 is 0 Å². The van der Waals surface area contributed by atoms with Gasteiger partial charge in [0.2, 0.25) is 10.0 Å². The maximum Gasteiger partial charge on any atom is 0.416 e. The Kier molecular flexibility index (Phi) is 6.48. The van der Waals surface area contributed by atoms with Crippen molar-refractivity contribution < 1.29 is 30.8 Å². The number of hydrogen-bond donors (Lipinski definition) is 1. The molecule has 2 aromatic carbocycles. The number of nitrogens with one attached hydrogen (secondary N) is 1. The summed E-state index contributed by atoms with van der Waals surface area (Å²) in [4.78, 5) is 14.4. The van der Waals surface area contributed by atoms with Crippen LogP contribution in [0.5, 0.6) is 0 Å². The lowest BCUT2D eigenvalue weighted by Crippen LogP contribution is -2.33. The van der Waals surface area contributed by atoms with Gasteiger partial charge in [0.15, 0.2) is 0 Å². The zero-order chi connectivity index (χ0) is 26.7. The number of likely N-dealkylation sites (tertiary alicyclic amines) is 1. The van der Waals surface area contributed by atoms with E-state index in [-0.39, 0.29) is 23.2 Å². The third-order valence-corrected chi connectivity index (χ3v) is 8.84. The van der Waals surface area contributed by atoms with E-state index in [2.05, 4.69) is 5.10 Å². The van der Waals surface area contributed by atoms with Crippen molar-refractivity contribution in [3.8, 4) is 0 Å². The molecule has 0 bridgehead atoms. The highest BCUT2D eigenvalue weighted by molar-refractivity contribution is 7.91. The second kappa shape index (κ2) is 9.25. The summed E-state index contributed by atoms with van der Waals surface area (Å²) in [5.74, 6) is -1.92. The predicted molar refractivity (Wildman–Crippen MR) is 129 cm³/mol. The average molecular weight is 559 g/mol. The van der Waals surface area contributed by atoms with Crippen molar-refractivity contribution in [3.05, 3.63) is 63.6 Å². The van der Waals surface area contributed by atoms with Gasteiger partial charge in [-0.15, -0.1) is 0 Å². The van der Waals surface area contributed by atoms with E-state index in [0.29, 0.717) is 48.9 Å². The van der Waals surface area contributed by atoms with Crippen LogP contribution in [0.15, 0.2) is 30.3 Å². The van der Waals surface area contributed by atoms with Crippen LogP contribution in [0.3, 0.4) is 0 Å². The van der Waals surface area contributed by atoms with Gasteiger partial charge in [-0.25, -0.2) is 17.5 Å². The molecular weight excluding hydrogens is 536 g/mol. The van der Waals surface area contributed by atoms with E-state index in [1.807, 2.05) is 9.62 Å². The van der Waals surface area contributed by atoms with Gasteiger partial charge in [-0.2, -0.15) is 18.3 Å². The number of amides is 1. The molecule has 2 fully saturated rings. The molecule has 37 heavy (non-hydrogen) atoms. The first kappa shape index (κ1) is 25.9. The lowest BCUT2D eigenvalue weighted by atomic mass is 10.1. The van der Waals surface area contributed by atoms with Gasteiger partial charge in [0.05, 0.1) is 33.6 Å². The molecule has 2 aliphatic rings. The Hall–Kier alpha value is -2.70. The van der Waals surface area contributed by atoms with Crippen molar-refractivity contribution in [1.82, 2.24) is 19.4 Å². The number of hydrogen-bond acceptors (Lipinski definition) is 5. The number of benzene rings is 2. The van der Waals surface area contributed by atoms with Gasteiger partial charge in [-0.3, -0.25) is 14.4 Å². The van der Waals surface area contributed by atoms with Crippen LogP contribution in [-0.4, -0.2) is 47.3 Å². The maximum absolute atomic E-state index is 15.0. The summed E-state index contributed by atoms with van der Waals surface area (Å²) in [6.07, 6.45) is -3.03. The molecule has 198 valence electrons. The Morgan fingerprint density at radius 3 is 2.59 bits per heavy atom. The molecule has 1 N–H and O–H groups in total. The normalized spacial score (nSPS) is 19.0. The van der Waals surface area contributed by atoms with Gasteiger partial charge in [0.25, 0.3) is 5.91 Å². The lowest BCUT2D eigenvalue weighted by Gasteiger charge is -2.20. The van der Waals surface area contributed by atoms with Gasteiger partial charge in [-0.05, 0) is 49.9 Å². The van der Waals surface area contributed by atoms with E-state index < -0.39 is 44.3 Å². The predicted octanol–water partition coefficient (Wildman–Crippen LogP) is 4.83. The summed E-state index contributed by atoms with van der Waals surface area (Å²) in [5, 5.41) is 4.39. The number of sulfonamides is 1. The Labute approximate surface area is 215 Å². The summed E-state index contributed by atoms with van der Waals surface area (Å²) in [7, 11) is -3.84. The van der Waals surface area contributed by atoms with Crippen LogP contribution in [-0.2, 0) is 22.7 Å². The van der Waals surface area contributed by atoms with Crippen molar-refractivity contribution in [3.63, 3.8) is 0 Å².